The Morgan fingerprint density at radius 3 is 2.53 bits per heavy atom. The quantitative estimate of drug-likeness (QED) is 0.862. The third kappa shape index (κ3) is 2.93. The fourth-order valence-corrected chi connectivity index (χ4v) is 4.25. The van der Waals surface area contributed by atoms with Crippen molar-refractivity contribution in [3.63, 3.8) is 0 Å². The van der Waals surface area contributed by atoms with Gasteiger partial charge in [0.1, 0.15) is 0 Å². The molecule has 2 N–H and O–H groups in total. The summed E-state index contributed by atoms with van der Waals surface area (Å²) in [5, 5.41) is 0.303. The maximum absolute atomic E-state index is 12.2. The van der Waals surface area contributed by atoms with Crippen LogP contribution < -0.4 is 5.73 Å². The van der Waals surface area contributed by atoms with Gasteiger partial charge in [-0.2, -0.15) is 0 Å². The molecule has 0 saturated heterocycles. The minimum Gasteiger partial charge on any atom is -0.398 e. The van der Waals surface area contributed by atoms with Crippen molar-refractivity contribution in [3.8, 4) is 0 Å². The van der Waals surface area contributed by atoms with E-state index in [0.29, 0.717) is 16.6 Å². The summed E-state index contributed by atoms with van der Waals surface area (Å²) in [4.78, 5) is 0.281. The summed E-state index contributed by atoms with van der Waals surface area (Å²) in [6, 6.07) is 4.52. The lowest BCUT2D eigenvalue weighted by molar-refractivity contribution is 0.559. The highest BCUT2D eigenvalue weighted by Crippen LogP contribution is 2.29. The summed E-state index contributed by atoms with van der Waals surface area (Å²) in [6.07, 6.45) is 4.31. The number of anilines is 1. The van der Waals surface area contributed by atoms with E-state index in [9.17, 15) is 8.42 Å². The van der Waals surface area contributed by atoms with E-state index < -0.39 is 9.84 Å². The van der Waals surface area contributed by atoms with Gasteiger partial charge in [0.25, 0.3) is 0 Å². The van der Waals surface area contributed by atoms with Gasteiger partial charge in [-0.25, -0.2) is 8.42 Å². The standard InChI is InChI=1S/C12H16ClNO2S/c13-11-7-10(5-6-12(11)14)17(15,16)8-9-3-1-2-4-9/h5-7,9H,1-4,8,14H2. The number of halogens is 1. The Bertz CT molecular complexity index is 507. The predicted molar refractivity (Wildman–Crippen MR) is 69.9 cm³/mol. The predicted octanol–water partition coefficient (Wildman–Crippen LogP) is 2.89. The summed E-state index contributed by atoms with van der Waals surface area (Å²) in [5.74, 6) is 0.532. The third-order valence-corrected chi connectivity index (χ3v) is 5.47. The Morgan fingerprint density at radius 2 is 1.94 bits per heavy atom. The second-order valence-corrected chi connectivity index (χ2v) is 7.06. The molecule has 1 aromatic rings. The third-order valence-electron chi connectivity index (χ3n) is 3.26. The van der Waals surface area contributed by atoms with Crippen molar-refractivity contribution in [1.82, 2.24) is 0 Å². The maximum atomic E-state index is 12.2. The van der Waals surface area contributed by atoms with Crippen molar-refractivity contribution < 1.29 is 8.42 Å². The largest absolute Gasteiger partial charge is 0.398 e. The van der Waals surface area contributed by atoms with Crippen molar-refractivity contribution in [2.75, 3.05) is 11.5 Å². The first-order valence-corrected chi connectivity index (χ1v) is 7.80. The molecule has 94 valence electrons. The van der Waals surface area contributed by atoms with Gasteiger partial charge in [-0.3, -0.25) is 0 Å². The Balaban J connectivity index is 2.21. The molecule has 3 nitrogen and oxygen atoms in total. The number of sulfone groups is 1. The highest BCUT2D eigenvalue weighted by atomic mass is 35.5. The summed E-state index contributed by atoms with van der Waals surface area (Å²) in [5.41, 5.74) is 5.98. The highest BCUT2D eigenvalue weighted by Gasteiger charge is 2.24. The van der Waals surface area contributed by atoms with Gasteiger partial charge in [0.2, 0.25) is 0 Å². The van der Waals surface area contributed by atoms with Crippen LogP contribution in [0.2, 0.25) is 5.02 Å². The molecule has 1 fully saturated rings. The van der Waals surface area contributed by atoms with Crippen molar-refractivity contribution in [2.45, 2.75) is 30.6 Å². The van der Waals surface area contributed by atoms with Crippen LogP contribution in [0.3, 0.4) is 0 Å². The van der Waals surface area contributed by atoms with Crippen LogP contribution in [-0.4, -0.2) is 14.2 Å². The molecule has 1 saturated carbocycles. The minimum absolute atomic E-state index is 0.229. The van der Waals surface area contributed by atoms with E-state index in [1.807, 2.05) is 0 Å². The average Bonchev–Trinajstić information content (AvgIpc) is 2.73. The van der Waals surface area contributed by atoms with Crippen LogP contribution >= 0.6 is 11.6 Å². The van der Waals surface area contributed by atoms with Crippen LogP contribution in [0.25, 0.3) is 0 Å². The number of benzene rings is 1. The number of nitrogen functional groups attached to an aromatic ring is 1. The van der Waals surface area contributed by atoms with E-state index in [1.165, 1.54) is 12.1 Å². The fourth-order valence-electron chi connectivity index (χ4n) is 2.28. The van der Waals surface area contributed by atoms with E-state index >= 15 is 0 Å². The molecule has 0 aliphatic heterocycles. The van der Waals surface area contributed by atoms with E-state index in [4.69, 9.17) is 17.3 Å². The van der Waals surface area contributed by atoms with Crippen LogP contribution in [0.5, 0.6) is 0 Å². The van der Waals surface area contributed by atoms with Crippen LogP contribution in [0.15, 0.2) is 23.1 Å². The Labute approximate surface area is 107 Å². The molecule has 0 bridgehead atoms. The number of hydrogen-bond acceptors (Lipinski definition) is 3. The second kappa shape index (κ2) is 4.86. The summed E-state index contributed by atoms with van der Waals surface area (Å²) >= 11 is 5.85. The summed E-state index contributed by atoms with van der Waals surface area (Å²) < 4.78 is 24.3. The smallest absolute Gasteiger partial charge is 0.178 e. The van der Waals surface area contributed by atoms with Crippen LogP contribution in [0.4, 0.5) is 5.69 Å². The van der Waals surface area contributed by atoms with Crippen molar-refractivity contribution in [2.24, 2.45) is 5.92 Å². The molecule has 0 heterocycles. The Hall–Kier alpha value is -0.740. The van der Waals surface area contributed by atoms with Gasteiger partial charge < -0.3 is 5.73 Å². The Morgan fingerprint density at radius 1 is 1.29 bits per heavy atom. The minimum atomic E-state index is -3.22. The van der Waals surface area contributed by atoms with Crippen molar-refractivity contribution in [1.29, 1.82) is 0 Å². The molecule has 0 unspecified atom stereocenters. The topological polar surface area (TPSA) is 60.2 Å². The van der Waals surface area contributed by atoms with Gasteiger partial charge in [-0.1, -0.05) is 24.4 Å². The molecule has 1 aromatic carbocycles. The molecule has 0 aromatic heterocycles. The zero-order valence-electron chi connectivity index (χ0n) is 9.52. The molecule has 0 spiro atoms. The number of hydrogen-bond donors (Lipinski definition) is 1. The van der Waals surface area contributed by atoms with E-state index in [2.05, 4.69) is 0 Å². The first kappa shape index (κ1) is 12.7. The van der Waals surface area contributed by atoms with Crippen molar-refractivity contribution >= 4 is 27.1 Å². The molecule has 0 atom stereocenters. The average molecular weight is 274 g/mol. The molecule has 5 heteroatoms. The van der Waals surface area contributed by atoms with Gasteiger partial charge in [-0.05, 0) is 37.0 Å². The lowest BCUT2D eigenvalue weighted by Crippen LogP contribution is -2.14. The molecule has 17 heavy (non-hydrogen) atoms. The van der Waals surface area contributed by atoms with Crippen molar-refractivity contribution in [3.05, 3.63) is 23.2 Å². The number of rotatable bonds is 3. The Kier molecular flexibility index (Phi) is 3.64. The summed E-state index contributed by atoms with van der Waals surface area (Å²) in [6.45, 7) is 0. The second-order valence-electron chi connectivity index (χ2n) is 4.62. The molecular weight excluding hydrogens is 258 g/mol. The maximum Gasteiger partial charge on any atom is 0.178 e. The zero-order chi connectivity index (χ0) is 12.5. The van der Waals surface area contributed by atoms with Gasteiger partial charge >= 0.3 is 0 Å². The first-order chi connectivity index (χ1) is 7.99. The molecule has 0 radical (unpaired) electrons. The molecule has 1 aliphatic carbocycles. The molecule has 1 aliphatic rings. The zero-order valence-corrected chi connectivity index (χ0v) is 11.1. The van der Waals surface area contributed by atoms with Crippen LogP contribution in [0, 0.1) is 5.92 Å². The fraction of sp³-hybridized carbons (Fsp3) is 0.500. The lowest BCUT2D eigenvalue weighted by Gasteiger charge is -2.10. The normalized spacial score (nSPS) is 17.5. The first-order valence-electron chi connectivity index (χ1n) is 5.77. The highest BCUT2D eigenvalue weighted by molar-refractivity contribution is 7.91. The lowest BCUT2D eigenvalue weighted by atomic mass is 10.1. The molecular formula is C12H16ClNO2S. The monoisotopic (exact) mass is 273 g/mol. The van der Waals surface area contributed by atoms with Gasteiger partial charge in [-0.15, -0.1) is 0 Å². The van der Waals surface area contributed by atoms with Crippen LogP contribution in [-0.2, 0) is 9.84 Å². The van der Waals surface area contributed by atoms with Gasteiger partial charge in [0, 0.05) is 0 Å². The van der Waals surface area contributed by atoms with Gasteiger partial charge in [0.15, 0.2) is 9.84 Å². The van der Waals surface area contributed by atoms with Crippen LogP contribution in [0.1, 0.15) is 25.7 Å². The number of nitrogens with two attached hydrogens (primary N) is 1. The van der Waals surface area contributed by atoms with E-state index in [1.54, 1.807) is 6.07 Å². The molecule has 2 rings (SSSR count). The SMILES string of the molecule is Nc1ccc(S(=O)(=O)CC2CCCC2)cc1Cl. The van der Waals surface area contributed by atoms with E-state index in [-0.39, 0.29) is 10.6 Å². The van der Waals surface area contributed by atoms with E-state index in [0.717, 1.165) is 25.7 Å². The summed E-state index contributed by atoms with van der Waals surface area (Å²) in [7, 11) is -3.22. The molecule has 0 amide bonds. The van der Waals surface area contributed by atoms with Gasteiger partial charge in [0.05, 0.1) is 21.4 Å².